The predicted molar refractivity (Wildman–Crippen MR) is 114 cm³/mol. The first kappa shape index (κ1) is 22.2. The number of carboxylic acids is 1. The minimum Gasteiger partial charge on any atom is -0.507 e. The van der Waals surface area contributed by atoms with Crippen LogP contribution in [0, 0.1) is 0 Å². The molecule has 8 heteroatoms. The Bertz CT molecular complexity index is 1170. The Labute approximate surface area is 181 Å². The van der Waals surface area contributed by atoms with Gasteiger partial charge in [-0.3, -0.25) is 4.79 Å². The van der Waals surface area contributed by atoms with Crippen molar-refractivity contribution in [1.29, 1.82) is 0 Å². The quantitative estimate of drug-likeness (QED) is 0.510. The van der Waals surface area contributed by atoms with E-state index in [1.807, 2.05) is 6.92 Å². The maximum absolute atomic E-state index is 12.8. The fourth-order valence-electron chi connectivity index (χ4n) is 3.06. The second-order valence-corrected chi connectivity index (χ2v) is 8.17. The van der Waals surface area contributed by atoms with Crippen LogP contribution in [0.4, 0.5) is 0 Å². The van der Waals surface area contributed by atoms with Gasteiger partial charge in [0.15, 0.2) is 5.78 Å². The number of aromatic hydroxyl groups is 1. The zero-order valence-electron chi connectivity index (χ0n) is 17.0. The molecule has 0 saturated carbocycles. The van der Waals surface area contributed by atoms with Gasteiger partial charge in [-0.1, -0.05) is 19.1 Å². The molecule has 0 spiro atoms. The molecule has 1 unspecified atom stereocenters. The van der Waals surface area contributed by atoms with Crippen LogP contribution in [0.15, 0.2) is 64.6 Å². The lowest BCUT2D eigenvalue weighted by molar-refractivity contribution is 0.0696. The zero-order valence-corrected chi connectivity index (χ0v) is 17.8. The Morgan fingerprint density at radius 3 is 2.58 bits per heavy atom. The van der Waals surface area contributed by atoms with Gasteiger partial charge in [-0.15, -0.1) is 0 Å². The molecule has 1 atom stereocenters. The molecule has 0 aliphatic rings. The summed E-state index contributed by atoms with van der Waals surface area (Å²) in [6.45, 7) is 3.40. The minimum atomic E-state index is -1.66. The number of phenols is 1. The van der Waals surface area contributed by atoms with Gasteiger partial charge >= 0.3 is 5.97 Å². The van der Waals surface area contributed by atoms with E-state index in [9.17, 15) is 18.9 Å². The highest BCUT2D eigenvalue weighted by Crippen LogP contribution is 2.32. The van der Waals surface area contributed by atoms with Crippen LogP contribution >= 0.6 is 0 Å². The minimum absolute atomic E-state index is 0.0127. The number of phenolic OH excluding ortho intramolecular Hbond substituents is 1. The molecule has 3 rings (SSSR count). The van der Waals surface area contributed by atoms with Crippen LogP contribution in [0.3, 0.4) is 0 Å². The maximum atomic E-state index is 12.8. The Hall–Kier alpha value is -3.52. The van der Waals surface area contributed by atoms with E-state index in [1.54, 1.807) is 30.3 Å². The molecule has 0 fully saturated rings. The number of carbonyl (C=O) groups is 2. The molecule has 0 amide bonds. The third-order valence-corrected chi connectivity index (χ3v) is 5.94. The number of aromatic carboxylic acids is 1. The van der Waals surface area contributed by atoms with Crippen molar-refractivity contribution in [3.8, 4) is 11.5 Å². The van der Waals surface area contributed by atoms with Crippen molar-refractivity contribution in [2.24, 2.45) is 0 Å². The van der Waals surface area contributed by atoms with Crippen LogP contribution in [-0.2, 0) is 23.8 Å². The van der Waals surface area contributed by atoms with Gasteiger partial charge in [-0.25, -0.2) is 14.0 Å². The highest BCUT2D eigenvalue weighted by atomic mass is 32.2. The van der Waals surface area contributed by atoms with Gasteiger partial charge < -0.3 is 14.9 Å². The summed E-state index contributed by atoms with van der Waals surface area (Å²) in [4.78, 5) is 27.3. The highest BCUT2D eigenvalue weighted by molar-refractivity contribution is 7.85. The summed E-state index contributed by atoms with van der Waals surface area (Å²) in [6.07, 6.45) is 1.80. The first-order chi connectivity index (χ1) is 14.8. The van der Waals surface area contributed by atoms with Crippen molar-refractivity contribution in [3.05, 3.63) is 77.0 Å². The van der Waals surface area contributed by atoms with Gasteiger partial charge in [0.2, 0.25) is 0 Å². The summed E-state index contributed by atoms with van der Waals surface area (Å²) in [7, 11) is -1.66. The van der Waals surface area contributed by atoms with Crippen molar-refractivity contribution in [1.82, 2.24) is 4.98 Å². The first-order valence-corrected chi connectivity index (χ1v) is 10.7. The normalized spacial score (nSPS) is 11.7. The molecule has 0 bridgehead atoms. The fourth-order valence-corrected chi connectivity index (χ4v) is 4.15. The fraction of sp³-hybridized carbons (Fsp3) is 0.174. The lowest BCUT2D eigenvalue weighted by atomic mass is 10.0. The third-order valence-electron chi connectivity index (χ3n) is 4.65. The molecular weight excluding hydrogens is 418 g/mol. The molecule has 0 saturated heterocycles. The van der Waals surface area contributed by atoms with E-state index in [0.717, 1.165) is 5.56 Å². The van der Waals surface area contributed by atoms with Crippen molar-refractivity contribution < 1.29 is 28.7 Å². The van der Waals surface area contributed by atoms with Crippen LogP contribution in [0.5, 0.6) is 11.5 Å². The van der Waals surface area contributed by atoms with Crippen LogP contribution in [-0.4, -0.2) is 31.2 Å². The Morgan fingerprint density at radius 1 is 1.13 bits per heavy atom. The second-order valence-electron chi connectivity index (χ2n) is 6.74. The summed E-state index contributed by atoms with van der Waals surface area (Å²) in [5, 5.41) is 19.6. The van der Waals surface area contributed by atoms with Gasteiger partial charge in [0, 0.05) is 16.7 Å². The van der Waals surface area contributed by atoms with E-state index in [-0.39, 0.29) is 34.3 Å². The summed E-state index contributed by atoms with van der Waals surface area (Å²) in [5.41, 5.74) is 1.54. The molecule has 160 valence electrons. The number of hydrogen-bond acceptors (Lipinski definition) is 6. The lowest BCUT2D eigenvalue weighted by Gasteiger charge is -2.14. The van der Waals surface area contributed by atoms with Gasteiger partial charge in [-0.2, -0.15) is 0 Å². The molecule has 2 aromatic carbocycles. The maximum Gasteiger partial charge on any atom is 0.335 e. The van der Waals surface area contributed by atoms with E-state index >= 15 is 0 Å². The van der Waals surface area contributed by atoms with Crippen LogP contribution in [0.1, 0.15) is 45.7 Å². The van der Waals surface area contributed by atoms with Gasteiger partial charge in [0.05, 0.1) is 11.1 Å². The van der Waals surface area contributed by atoms with Gasteiger partial charge in [0.1, 0.15) is 33.9 Å². The number of carboxylic acid groups (broad SMARTS) is 1. The molecular formula is C23H21NO6S. The Morgan fingerprint density at radius 2 is 1.90 bits per heavy atom. The number of hydrogen-bond donors (Lipinski definition) is 2. The molecule has 3 aromatic rings. The first-order valence-electron chi connectivity index (χ1n) is 9.50. The monoisotopic (exact) mass is 439 g/mol. The molecule has 7 nitrogen and oxygen atoms in total. The number of aromatic nitrogens is 1. The number of nitrogens with zero attached hydrogens (tertiary/aromatic N) is 1. The topological polar surface area (TPSA) is 114 Å². The van der Waals surface area contributed by atoms with E-state index < -0.39 is 16.8 Å². The summed E-state index contributed by atoms with van der Waals surface area (Å²) in [6, 6.07) is 12.7. The smallest absolute Gasteiger partial charge is 0.335 e. The molecule has 2 N–H and O–H groups in total. The van der Waals surface area contributed by atoms with Crippen molar-refractivity contribution in [2.45, 2.75) is 36.8 Å². The number of ether oxygens (including phenoxy) is 1. The predicted octanol–water partition coefficient (Wildman–Crippen LogP) is 4.00. The van der Waals surface area contributed by atoms with Gasteiger partial charge in [0.25, 0.3) is 0 Å². The zero-order chi connectivity index (χ0) is 22.5. The van der Waals surface area contributed by atoms with Gasteiger partial charge in [-0.05, 0) is 55.3 Å². The van der Waals surface area contributed by atoms with Crippen LogP contribution in [0.25, 0.3) is 0 Å². The summed E-state index contributed by atoms with van der Waals surface area (Å²) in [5.74, 6) is -0.956. The van der Waals surface area contributed by atoms with Crippen molar-refractivity contribution in [2.75, 3.05) is 0 Å². The van der Waals surface area contributed by atoms with Crippen molar-refractivity contribution in [3.63, 3.8) is 0 Å². The number of rotatable bonds is 8. The molecule has 31 heavy (non-hydrogen) atoms. The summed E-state index contributed by atoms with van der Waals surface area (Å²) < 4.78 is 18.7. The molecule has 0 aliphatic carbocycles. The second kappa shape index (κ2) is 9.53. The average Bonchev–Trinajstić information content (AvgIpc) is 2.77. The molecule has 1 aromatic heterocycles. The number of pyridine rings is 1. The molecule has 0 radical (unpaired) electrons. The SMILES string of the molecule is CCc1c(OCc2cccc(S(=O)c3cc(C(=O)O)ccn3)c2)ccc(C(C)=O)c1O. The van der Waals surface area contributed by atoms with E-state index in [4.69, 9.17) is 9.84 Å². The van der Waals surface area contributed by atoms with Crippen molar-refractivity contribution >= 4 is 22.6 Å². The largest absolute Gasteiger partial charge is 0.507 e. The average molecular weight is 439 g/mol. The lowest BCUT2D eigenvalue weighted by Crippen LogP contribution is -2.04. The number of Topliss-reactive ketones (excluding diaryl/α,β-unsaturated/α-hetero) is 1. The van der Waals surface area contributed by atoms with E-state index in [2.05, 4.69) is 4.98 Å². The standard InChI is InChI=1S/C23H21NO6S/c1-3-18-20(8-7-19(14(2)25)22(18)26)30-13-15-5-4-6-17(11-15)31(29)21-12-16(23(27)28)9-10-24-21/h4-12,26H,3,13H2,1-2H3,(H,27,28). The number of ketones is 1. The number of benzene rings is 2. The van der Waals surface area contributed by atoms with Crippen LogP contribution in [0.2, 0.25) is 0 Å². The Balaban J connectivity index is 1.81. The highest BCUT2D eigenvalue weighted by Gasteiger charge is 2.16. The van der Waals surface area contributed by atoms with E-state index in [1.165, 1.54) is 31.3 Å². The van der Waals surface area contributed by atoms with Crippen LogP contribution < -0.4 is 4.74 Å². The van der Waals surface area contributed by atoms with E-state index in [0.29, 0.717) is 22.6 Å². The Kier molecular flexibility index (Phi) is 6.81. The third kappa shape index (κ3) is 4.97. The molecule has 1 heterocycles. The summed E-state index contributed by atoms with van der Waals surface area (Å²) >= 11 is 0. The molecule has 0 aliphatic heterocycles. The number of carbonyl (C=O) groups excluding carboxylic acids is 1.